The van der Waals surface area contributed by atoms with Crippen LogP contribution in [-0.4, -0.2) is 4.57 Å². The zero-order valence-electron chi connectivity index (χ0n) is 33.2. The molecule has 0 saturated carbocycles. The number of para-hydroxylation sites is 3. The van der Waals surface area contributed by atoms with E-state index < -0.39 is 0 Å². The molecule has 0 aliphatic carbocycles. The molecule has 0 fully saturated rings. The van der Waals surface area contributed by atoms with Crippen LogP contribution in [0, 0.1) is 0 Å². The Hall–Kier alpha value is -8.14. The molecule has 0 bridgehead atoms. The number of rotatable bonds is 7. The fourth-order valence-electron chi connectivity index (χ4n) is 9.36. The van der Waals surface area contributed by atoms with Gasteiger partial charge in [-0.15, -0.1) is 0 Å². The van der Waals surface area contributed by atoms with Crippen molar-refractivity contribution in [3.63, 3.8) is 0 Å². The quantitative estimate of drug-likeness (QED) is 0.161. The molecule has 0 N–H and O–H groups in total. The maximum Gasteiger partial charge on any atom is 0.143 e. The highest BCUT2D eigenvalue weighted by atomic mass is 16.3. The molecule has 3 nitrogen and oxygen atoms in total. The van der Waals surface area contributed by atoms with E-state index in [0.29, 0.717) is 0 Å². The Labute approximate surface area is 353 Å². The minimum atomic E-state index is 0.876. The Morgan fingerprint density at radius 3 is 1.67 bits per heavy atom. The second-order valence-electron chi connectivity index (χ2n) is 15.7. The maximum atomic E-state index is 6.70. The first-order valence-corrected chi connectivity index (χ1v) is 20.8. The van der Waals surface area contributed by atoms with Gasteiger partial charge in [0.15, 0.2) is 0 Å². The molecule has 0 saturated heterocycles. The van der Waals surface area contributed by atoms with Crippen molar-refractivity contribution in [1.29, 1.82) is 0 Å². The van der Waals surface area contributed by atoms with Gasteiger partial charge < -0.3 is 13.9 Å². The summed E-state index contributed by atoms with van der Waals surface area (Å²) in [6, 6.07) is 82.9. The molecular weight excluding hydrogens is 741 g/mol. The van der Waals surface area contributed by atoms with Gasteiger partial charge in [0.25, 0.3) is 0 Å². The van der Waals surface area contributed by atoms with Crippen LogP contribution in [0.25, 0.3) is 93.6 Å². The van der Waals surface area contributed by atoms with Crippen LogP contribution in [0.15, 0.2) is 235 Å². The van der Waals surface area contributed by atoms with Gasteiger partial charge in [-0.1, -0.05) is 170 Å². The van der Waals surface area contributed by atoms with E-state index in [1.54, 1.807) is 0 Å². The maximum absolute atomic E-state index is 6.70. The van der Waals surface area contributed by atoms with E-state index in [2.05, 4.69) is 240 Å². The van der Waals surface area contributed by atoms with Crippen molar-refractivity contribution in [2.75, 3.05) is 4.90 Å². The van der Waals surface area contributed by atoms with Gasteiger partial charge in [-0.2, -0.15) is 0 Å². The highest BCUT2D eigenvalue weighted by Gasteiger charge is 2.22. The minimum absolute atomic E-state index is 0.876. The monoisotopic (exact) mass is 778 g/mol. The molecule has 0 radical (unpaired) electrons. The van der Waals surface area contributed by atoms with Crippen LogP contribution in [0.3, 0.4) is 0 Å². The summed E-state index contributed by atoms with van der Waals surface area (Å²) in [5.41, 5.74) is 15.5. The third kappa shape index (κ3) is 5.82. The second kappa shape index (κ2) is 14.3. The number of fused-ring (bicyclic) bond motifs is 8. The van der Waals surface area contributed by atoms with Gasteiger partial charge in [-0.25, -0.2) is 0 Å². The molecule has 61 heavy (non-hydrogen) atoms. The summed E-state index contributed by atoms with van der Waals surface area (Å²) in [5.74, 6) is 0. The van der Waals surface area contributed by atoms with Gasteiger partial charge in [0, 0.05) is 49.6 Å². The van der Waals surface area contributed by atoms with Gasteiger partial charge in [-0.3, -0.25) is 0 Å². The van der Waals surface area contributed by atoms with E-state index in [0.717, 1.165) is 66.8 Å². The van der Waals surface area contributed by atoms with Gasteiger partial charge in [0.1, 0.15) is 11.2 Å². The van der Waals surface area contributed by atoms with Crippen LogP contribution in [0.5, 0.6) is 0 Å². The Morgan fingerprint density at radius 1 is 0.361 bits per heavy atom. The van der Waals surface area contributed by atoms with Crippen molar-refractivity contribution in [3.8, 4) is 39.1 Å². The Morgan fingerprint density at radius 2 is 0.934 bits per heavy atom. The highest BCUT2D eigenvalue weighted by molar-refractivity contribution is 6.20. The largest absolute Gasteiger partial charge is 0.455 e. The predicted octanol–water partition coefficient (Wildman–Crippen LogP) is 16.3. The molecule has 0 aliphatic rings. The van der Waals surface area contributed by atoms with Gasteiger partial charge in [0.05, 0.1) is 16.7 Å². The normalized spacial score (nSPS) is 11.6. The lowest BCUT2D eigenvalue weighted by Gasteiger charge is -2.29. The zero-order valence-corrected chi connectivity index (χ0v) is 33.2. The second-order valence-corrected chi connectivity index (χ2v) is 15.7. The molecule has 0 spiro atoms. The highest BCUT2D eigenvalue weighted by Crippen LogP contribution is 2.46. The average molecular weight is 779 g/mol. The summed E-state index contributed by atoms with van der Waals surface area (Å²) in [6.07, 6.45) is 0. The first-order valence-electron chi connectivity index (χ1n) is 20.8. The topological polar surface area (TPSA) is 21.3 Å². The van der Waals surface area contributed by atoms with Crippen molar-refractivity contribution in [3.05, 3.63) is 231 Å². The molecule has 3 heteroatoms. The lowest BCUT2D eigenvalue weighted by molar-refractivity contribution is 0.673. The number of nitrogens with zero attached hydrogens (tertiary/aromatic N) is 2. The Balaban J connectivity index is 1.04. The summed E-state index contributed by atoms with van der Waals surface area (Å²) in [4.78, 5) is 2.41. The predicted molar refractivity (Wildman–Crippen MR) is 257 cm³/mol. The van der Waals surface area contributed by atoms with Crippen LogP contribution >= 0.6 is 0 Å². The van der Waals surface area contributed by atoms with E-state index >= 15 is 0 Å². The summed E-state index contributed by atoms with van der Waals surface area (Å²) < 4.78 is 9.09. The summed E-state index contributed by atoms with van der Waals surface area (Å²) in [7, 11) is 0. The van der Waals surface area contributed by atoms with E-state index in [-0.39, 0.29) is 0 Å². The molecule has 0 amide bonds. The third-order valence-corrected chi connectivity index (χ3v) is 12.2. The first-order chi connectivity index (χ1) is 30.3. The van der Waals surface area contributed by atoms with Crippen LogP contribution in [0.1, 0.15) is 0 Å². The summed E-state index contributed by atoms with van der Waals surface area (Å²) in [5, 5.41) is 7.00. The number of hydrogen-bond donors (Lipinski definition) is 0. The van der Waals surface area contributed by atoms with Crippen LogP contribution in [0.2, 0.25) is 0 Å². The van der Waals surface area contributed by atoms with Crippen LogP contribution < -0.4 is 4.90 Å². The fourth-order valence-corrected chi connectivity index (χ4v) is 9.36. The SMILES string of the molecule is c1ccc(-c2ccc(-c3ccc(N(c4cccc(-n5c6ccccc6c6ccccc65)c4)c4ccccc4-c4cccc5oc6c7ccccc7ccc6c45)cc3)cc2)cc1. The molecule has 2 aromatic heterocycles. The summed E-state index contributed by atoms with van der Waals surface area (Å²) >= 11 is 0. The molecule has 10 aromatic carbocycles. The molecule has 2 heterocycles. The molecule has 12 rings (SSSR count). The molecule has 0 aliphatic heterocycles. The molecule has 286 valence electrons. The minimum Gasteiger partial charge on any atom is -0.455 e. The van der Waals surface area contributed by atoms with Gasteiger partial charge in [-0.05, 0) is 93.9 Å². The number of furan rings is 1. The average Bonchev–Trinajstić information content (AvgIpc) is 3.89. The smallest absolute Gasteiger partial charge is 0.143 e. The fraction of sp³-hybridized carbons (Fsp3) is 0. The molecule has 0 unspecified atom stereocenters. The third-order valence-electron chi connectivity index (χ3n) is 12.2. The van der Waals surface area contributed by atoms with Crippen molar-refractivity contribution >= 4 is 71.6 Å². The number of hydrogen-bond acceptors (Lipinski definition) is 2. The van der Waals surface area contributed by atoms with Crippen molar-refractivity contribution in [2.45, 2.75) is 0 Å². The van der Waals surface area contributed by atoms with Crippen LogP contribution in [-0.2, 0) is 0 Å². The van der Waals surface area contributed by atoms with E-state index in [4.69, 9.17) is 4.42 Å². The van der Waals surface area contributed by atoms with E-state index in [9.17, 15) is 0 Å². The summed E-state index contributed by atoms with van der Waals surface area (Å²) in [6.45, 7) is 0. The van der Waals surface area contributed by atoms with E-state index in [1.807, 2.05) is 0 Å². The standard InChI is InChI=1S/C58H38N2O/c1-2-14-39(15-3-1)40-28-30-41(31-29-40)42-32-35-44(36-33-42)59(45-17-12-18-46(38-45)60-54-25-10-6-20-48(54)49-21-7-11-26-55(49)60)53-24-9-8-22-50(53)51-23-13-27-56-57(51)52-37-34-43-16-4-5-19-47(43)58(52)61-56/h1-38H. The molecular formula is C58H38N2O. The molecule has 0 atom stereocenters. The van der Waals surface area contributed by atoms with Gasteiger partial charge >= 0.3 is 0 Å². The van der Waals surface area contributed by atoms with Gasteiger partial charge in [0.2, 0.25) is 0 Å². The number of aromatic nitrogens is 1. The van der Waals surface area contributed by atoms with Crippen LogP contribution in [0.4, 0.5) is 17.1 Å². The number of benzene rings is 10. The Kier molecular flexibility index (Phi) is 8.17. The van der Waals surface area contributed by atoms with E-state index in [1.165, 1.54) is 43.9 Å². The molecule has 12 aromatic rings. The lowest BCUT2D eigenvalue weighted by atomic mass is 9.96. The number of anilines is 3. The van der Waals surface area contributed by atoms with Crippen molar-refractivity contribution < 1.29 is 4.42 Å². The Bertz CT molecular complexity index is 3520. The zero-order chi connectivity index (χ0) is 40.3. The lowest BCUT2D eigenvalue weighted by Crippen LogP contribution is -2.12. The van der Waals surface area contributed by atoms with Crippen molar-refractivity contribution in [2.24, 2.45) is 0 Å². The van der Waals surface area contributed by atoms with Crippen molar-refractivity contribution in [1.82, 2.24) is 4.57 Å². The first kappa shape index (κ1) is 34.9.